The normalized spacial score (nSPS) is 15.4. The number of nitriles is 1. The van der Waals surface area contributed by atoms with Gasteiger partial charge in [0.15, 0.2) is 0 Å². The van der Waals surface area contributed by atoms with Crippen LogP contribution in [0.3, 0.4) is 0 Å². The highest BCUT2D eigenvalue weighted by molar-refractivity contribution is 5.92. The third-order valence-corrected chi connectivity index (χ3v) is 5.63. The number of furan rings is 1. The highest BCUT2D eigenvalue weighted by Crippen LogP contribution is 2.25. The van der Waals surface area contributed by atoms with Crippen molar-refractivity contribution in [2.75, 3.05) is 38.0 Å². The van der Waals surface area contributed by atoms with Crippen LogP contribution in [0.4, 0.5) is 5.88 Å². The Bertz CT molecular complexity index is 885. The largest absolute Gasteiger partial charge is 0.444 e. The second kappa shape index (κ2) is 9.25. The summed E-state index contributed by atoms with van der Waals surface area (Å²) in [5.74, 6) is 1.33. The van der Waals surface area contributed by atoms with Gasteiger partial charge in [0, 0.05) is 38.3 Å². The molecule has 1 aliphatic rings. The molecular weight excluding hydrogens is 364 g/mol. The van der Waals surface area contributed by atoms with Gasteiger partial charge in [0.05, 0.1) is 6.54 Å². The van der Waals surface area contributed by atoms with E-state index in [9.17, 15) is 10.1 Å². The molecule has 154 valence electrons. The number of amides is 1. The monoisotopic (exact) mass is 394 g/mol. The number of anilines is 1. The number of hydrogen-bond donors (Lipinski definition) is 1. The lowest BCUT2D eigenvalue weighted by Crippen LogP contribution is -2.48. The molecule has 1 aromatic carbocycles. The van der Waals surface area contributed by atoms with Crippen molar-refractivity contribution in [3.8, 4) is 6.07 Å². The number of nitrogens with zero attached hydrogens (tertiary/aromatic N) is 3. The van der Waals surface area contributed by atoms with Gasteiger partial charge in [0.25, 0.3) is 0 Å². The SMILES string of the molecule is Cc1oc(NC(=O)CN2CCN(Cc3ccc(C(C)C)cc3)CC2)c(C#N)c1C. The van der Waals surface area contributed by atoms with Crippen LogP contribution >= 0.6 is 0 Å². The van der Waals surface area contributed by atoms with Gasteiger partial charge in [0.2, 0.25) is 11.8 Å². The van der Waals surface area contributed by atoms with E-state index in [-0.39, 0.29) is 11.8 Å². The number of benzene rings is 1. The first-order valence-electron chi connectivity index (χ1n) is 10.2. The summed E-state index contributed by atoms with van der Waals surface area (Å²) in [7, 11) is 0. The average Bonchev–Trinajstić information content (AvgIpc) is 2.96. The molecule has 0 atom stereocenters. The smallest absolute Gasteiger partial charge is 0.240 e. The molecule has 29 heavy (non-hydrogen) atoms. The molecule has 2 heterocycles. The first-order valence-corrected chi connectivity index (χ1v) is 10.2. The minimum Gasteiger partial charge on any atom is -0.444 e. The van der Waals surface area contributed by atoms with E-state index >= 15 is 0 Å². The zero-order valence-corrected chi connectivity index (χ0v) is 17.8. The summed E-state index contributed by atoms with van der Waals surface area (Å²) in [6.07, 6.45) is 0. The van der Waals surface area contributed by atoms with E-state index in [4.69, 9.17) is 4.42 Å². The van der Waals surface area contributed by atoms with E-state index in [1.807, 2.05) is 6.92 Å². The van der Waals surface area contributed by atoms with Crippen molar-refractivity contribution in [3.63, 3.8) is 0 Å². The molecule has 0 radical (unpaired) electrons. The van der Waals surface area contributed by atoms with Crippen molar-refractivity contribution >= 4 is 11.8 Å². The van der Waals surface area contributed by atoms with Crippen LogP contribution in [0.1, 0.15) is 47.8 Å². The minimum absolute atomic E-state index is 0.145. The molecule has 0 unspecified atom stereocenters. The predicted molar refractivity (Wildman–Crippen MR) is 114 cm³/mol. The fraction of sp³-hybridized carbons (Fsp3) is 0.478. The highest BCUT2D eigenvalue weighted by Gasteiger charge is 2.21. The number of nitrogens with one attached hydrogen (secondary N) is 1. The quantitative estimate of drug-likeness (QED) is 0.810. The Hall–Kier alpha value is -2.62. The Balaban J connectivity index is 1.46. The van der Waals surface area contributed by atoms with Gasteiger partial charge in [-0.25, -0.2) is 0 Å². The van der Waals surface area contributed by atoms with Crippen molar-refractivity contribution in [2.24, 2.45) is 0 Å². The third kappa shape index (κ3) is 5.26. The lowest BCUT2D eigenvalue weighted by molar-refractivity contribution is -0.117. The molecule has 1 amide bonds. The van der Waals surface area contributed by atoms with Gasteiger partial charge in [0.1, 0.15) is 17.4 Å². The first-order chi connectivity index (χ1) is 13.9. The van der Waals surface area contributed by atoms with Crippen molar-refractivity contribution in [3.05, 3.63) is 52.3 Å². The van der Waals surface area contributed by atoms with Gasteiger partial charge < -0.3 is 4.42 Å². The molecule has 6 nitrogen and oxygen atoms in total. The predicted octanol–water partition coefficient (Wildman–Crippen LogP) is 3.65. The number of piperazine rings is 1. The van der Waals surface area contributed by atoms with Crippen LogP contribution in [0.25, 0.3) is 0 Å². The zero-order valence-electron chi connectivity index (χ0n) is 17.8. The summed E-state index contributed by atoms with van der Waals surface area (Å²) in [6.45, 7) is 12.8. The van der Waals surface area contributed by atoms with E-state index in [2.05, 4.69) is 59.3 Å². The third-order valence-electron chi connectivity index (χ3n) is 5.63. The Morgan fingerprint density at radius 1 is 1.14 bits per heavy atom. The molecule has 6 heteroatoms. The summed E-state index contributed by atoms with van der Waals surface area (Å²) < 4.78 is 5.52. The fourth-order valence-electron chi connectivity index (χ4n) is 3.59. The maximum absolute atomic E-state index is 12.4. The van der Waals surface area contributed by atoms with E-state index in [1.54, 1.807) is 6.92 Å². The van der Waals surface area contributed by atoms with E-state index < -0.39 is 0 Å². The molecule has 0 saturated carbocycles. The van der Waals surface area contributed by atoms with Gasteiger partial charge in [-0.2, -0.15) is 5.26 Å². The van der Waals surface area contributed by atoms with Gasteiger partial charge in [-0.3, -0.25) is 19.9 Å². The Kier molecular flexibility index (Phi) is 6.73. The van der Waals surface area contributed by atoms with Gasteiger partial charge in [-0.05, 0) is 30.9 Å². The van der Waals surface area contributed by atoms with Crippen LogP contribution in [0.2, 0.25) is 0 Å². The van der Waals surface area contributed by atoms with Crippen LogP contribution in [0.15, 0.2) is 28.7 Å². The number of carbonyl (C=O) groups is 1. The van der Waals surface area contributed by atoms with Crippen molar-refractivity contribution < 1.29 is 9.21 Å². The van der Waals surface area contributed by atoms with Gasteiger partial charge in [-0.1, -0.05) is 38.1 Å². The highest BCUT2D eigenvalue weighted by atomic mass is 16.4. The lowest BCUT2D eigenvalue weighted by Gasteiger charge is -2.34. The molecule has 0 aliphatic carbocycles. The van der Waals surface area contributed by atoms with E-state index in [1.165, 1.54) is 11.1 Å². The number of aryl methyl sites for hydroxylation is 1. The van der Waals surface area contributed by atoms with Crippen LogP contribution in [-0.4, -0.2) is 48.4 Å². The topological polar surface area (TPSA) is 72.5 Å². The zero-order chi connectivity index (χ0) is 21.0. The van der Waals surface area contributed by atoms with Crippen LogP contribution in [0.5, 0.6) is 0 Å². The molecule has 2 aromatic rings. The number of carbonyl (C=O) groups excluding carboxylic acids is 1. The second-order valence-corrected chi connectivity index (χ2v) is 8.10. The van der Waals surface area contributed by atoms with E-state index in [0.29, 0.717) is 23.8 Å². The summed E-state index contributed by atoms with van der Waals surface area (Å²) >= 11 is 0. The summed E-state index contributed by atoms with van der Waals surface area (Å²) in [4.78, 5) is 17.0. The standard InChI is InChI=1S/C23H30N4O2/c1-16(2)20-7-5-19(6-8-20)14-26-9-11-27(12-10-26)15-22(28)25-23-21(13-24)17(3)18(4)29-23/h5-8,16H,9-12,14-15H2,1-4H3,(H,25,28). The lowest BCUT2D eigenvalue weighted by atomic mass is 10.0. The van der Waals surface area contributed by atoms with E-state index in [0.717, 1.165) is 38.3 Å². The summed E-state index contributed by atoms with van der Waals surface area (Å²) in [5, 5.41) is 12.0. The molecule has 3 rings (SSSR count). The minimum atomic E-state index is -0.145. The fourth-order valence-corrected chi connectivity index (χ4v) is 3.59. The molecule has 1 N–H and O–H groups in total. The molecule has 1 aromatic heterocycles. The van der Waals surface area contributed by atoms with Gasteiger partial charge >= 0.3 is 0 Å². The van der Waals surface area contributed by atoms with Crippen LogP contribution < -0.4 is 5.32 Å². The maximum atomic E-state index is 12.4. The van der Waals surface area contributed by atoms with Crippen LogP contribution in [-0.2, 0) is 11.3 Å². The molecule has 1 saturated heterocycles. The maximum Gasteiger partial charge on any atom is 0.240 e. The van der Waals surface area contributed by atoms with Crippen LogP contribution in [0, 0.1) is 25.2 Å². The Morgan fingerprint density at radius 2 is 1.76 bits per heavy atom. The van der Waals surface area contributed by atoms with Crippen molar-refractivity contribution in [1.82, 2.24) is 9.80 Å². The Morgan fingerprint density at radius 3 is 2.34 bits per heavy atom. The molecule has 1 aliphatic heterocycles. The average molecular weight is 395 g/mol. The molecular formula is C23H30N4O2. The Labute approximate surface area is 173 Å². The second-order valence-electron chi connectivity index (χ2n) is 8.10. The first kappa shape index (κ1) is 21.1. The number of rotatable bonds is 6. The summed E-state index contributed by atoms with van der Waals surface area (Å²) in [6, 6.07) is 11.0. The van der Waals surface area contributed by atoms with Crippen molar-refractivity contribution in [1.29, 1.82) is 5.26 Å². The van der Waals surface area contributed by atoms with Gasteiger partial charge in [-0.15, -0.1) is 0 Å². The summed E-state index contributed by atoms with van der Waals surface area (Å²) in [5.41, 5.74) is 3.88. The molecule has 1 fully saturated rings. The number of hydrogen-bond acceptors (Lipinski definition) is 5. The molecule has 0 bridgehead atoms. The van der Waals surface area contributed by atoms with Crippen molar-refractivity contribution in [2.45, 2.75) is 40.2 Å². The molecule has 0 spiro atoms.